The van der Waals surface area contributed by atoms with E-state index < -0.39 is 0 Å². The number of carbonyl (C=O) groups excluding carboxylic acids is 1. The molecule has 0 saturated carbocycles. The van der Waals surface area contributed by atoms with Gasteiger partial charge < -0.3 is 10.2 Å². The van der Waals surface area contributed by atoms with Gasteiger partial charge in [0.15, 0.2) is 0 Å². The van der Waals surface area contributed by atoms with E-state index in [4.69, 9.17) is 0 Å². The average molecular weight is 320 g/mol. The van der Waals surface area contributed by atoms with Gasteiger partial charge in [0.05, 0.1) is 6.54 Å². The second-order valence-corrected chi connectivity index (χ2v) is 6.91. The average Bonchev–Trinajstić information content (AvgIpc) is 3.03. The van der Waals surface area contributed by atoms with Crippen molar-refractivity contribution in [2.24, 2.45) is 0 Å². The first-order valence-corrected chi connectivity index (χ1v) is 8.78. The van der Waals surface area contributed by atoms with E-state index in [0.717, 1.165) is 40.2 Å². The molecule has 2 aromatic rings. The van der Waals surface area contributed by atoms with Crippen LogP contribution in [0.15, 0.2) is 30.3 Å². The summed E-state index contributed by atoms with van der Waals surface area (Å²) in [6.45, 7) is 2.08. The topological polar surface area (TPSA) is 58.1 Å². The highest BCUT2D eigenvalue weighted by molar-refractivity contribution is 7.99. The Morgan fingerprint density at radius 3 is 2.71 bits per heavy atom. The number of carbonyl (C=O) groups is 1. The summed E-state index contributed by atoms with van der Waals surface area (Å²) in [6.07, 6.45) is 0. The van der Waals surface area contributed by atoms with Crippen LogP contribution in [0.1, 0.15) is 5.01 Å². The van der Waals surface area contributed by atoms with Crippen molar-refractivity contribution >= 4 is 29.1 Å². The minimum absolute atomic E-state index is 0.00763. The van der Waals surface area contributed by atoms with E-state index in [1.807, 2.05) is 47.0 Å². The minimum atomic E-state index is -0.00763. The molecule has 3 rings (SSSR count). The fourth-order valence-corrected chi connectivity index (χ4v) is 3.74. The normalized spacial score (nSPS) is 15.0. The summed E-state index contributed by atoms with van der Waals surface area (Å²) in [5.41, 5.74) is 1.06. The van der Waals surface area contributed by atoms with E-state index in [0.29, 0.717) is 6.54 Å². The Balaban J connectivity index is 1.56. The molecule has 110 valence electrons. The van der Waals surface area contributed by atoms with Crippen molar-refractivity contribution in [3.63, 3.8) is 0 Å². The molecular weight excluding hydrogens is 304 g/mol. The van der Waals surface area contributed by atoms with Crippen molar-refractivity contribution in [1.82, 2.24) is 20.4 Å². The molecule has 0 atom stereocenters. The van der Waals surface area contributed by atoms with Crippen LogP contribution in [-0.4, -0.2) is 45.7 Å². The molecule has 1 aliphatic heterocycles. The number of aromatic nitrogens is 2. The standard InChI is InChI=1S/C14H16N4OS2/c19-14(18-6-8-20-9-7-18)15-10-12-16-17-13(21-12)11-4-2-1-3-5-11/h1-5H,6-10H2,(H,15,19). The molecule has 0 aliphatic carbocycles. The predicted molar refractivity (Wildman–Crippen MR) is 86.5 cm³/mol. The third-order valence-corrected chi connectivity index (χ3v) is 5.09. The lowest BCUT2D eigenvalue weighted by molar-refractivity contribution is 0.202. The van der Waals surface area contributed by atoms with Gasteiger partial charge in [-0.1, -0.05) is 41.7 Å². The van der Waals surface area contributed by atoms with Gasteiger partial charge in [0.25, 0.3) is 0 Å². The third kappa shape index (κ3) is 3.74. The van der Waals surface area contributed by atoms with Gasteiger partial charge in [0.2, 0.25) is 0 Å². The van der Waals surface area contributed by atoms with Crippen LogP contribution in [0.25, 0.3) is 10.6 Å². The van der Waals surface area contributed by atoms with Crippen molar-refractivity contribution in [3.05, 3.63) is 35.3 Å². The summed E-state index contributed by atoms with van der Waals surface area (Å²) in [4.78, 5) is 13.9. The zero-order valence-electron chi connectivity index (χ0n) is 11.5. The number of urea groups is 1. The Morgan fingerprint density at radius 1 is 1.19 bits per heavy atom. The smallest absolute Gasteiger partial charge is 0.317 e. The van der Waals surface area contributed by atoms with E-state index in [-0.39, 0.29) is 6.03 Å². The summed E-state index contributed by atoms with van der Waals surface area (Å²) in [5.74, 6) is 2.04. The summed E-state index contributed by atoms with van der Waals surface area (Å²) in [6, 6.07) is 9.94. The van der Waals surface area contributed by atoms with Crippen LogP contribution in [0.4, 0.5) is 4.79 Å². The Hall–Kier alpha value is -1.60. The second-order valence-electron chi connectivity index (χ2n) is 4.63. The molecule has 1 fully saturated rings. The van der Waals surface area contributed by atoms with Crippen LogP contribution < -0.4 is 5.32 Å². The fraction of sp³-hybridized carbons (Fsp3) is 0.357. The monoisotopic (exact) mass is 320 g/mol. The van der Waals surface area contributed by atoms with Gasteiger partial charge in [0, 0.05) is 30.2 Å². The lowest BCUT2D eigenvalue weighted by Gasteiger charge is -2.26. The molecule has 1 saturated heterocycles. The number of thioether (sulfide) groups is 1. The molecule has 7 heteroatoms. The fourth-order valence-electron chi connectivity index (χ4n) is 2.05. The SMILES string of the molecule is O=C(NCc1nnc(-c2ccccc2)s1)N1CCSCC1. The quantitative estimate of drug-likeness (QED) is 0.944. The van der Waals surface area contributed by atoms with Crippen LogP contribution in [0.5, 0.6) is 0 Å². The molecule has 1 aromatic heterocycles. The van der Waals surface area contributed by atoms with Crippen molar-refractivity contribution in [2.45, 2.75) is 6.54 Å². The molecule has 0 radical (unpaired) electrons. The minimum Gasteiger partial charge on any atom is -0.331 e. The van der Waals surface area contributed by atoms with Gasteiger partial charge >= 0.3 is 6.03 Å². The van der Waals surface area contributed by atoms with Crippen LogP contribution >= 0.6 is 23.1 Å². The molecule has 1 N–H and O–H groups in total. The number of rotatable bonds is 3. The Labute approximate surface area is 131 Å². The van der Waals surface area contributed by atoms with Gasteiger partial charge in [-0.25, -0.2) is 4.79 Å². The number of nitrogens with one attached hydrogen (secondary N) is 1. The summed E-state index contributed by atoms with van der Waals surface area (Å²) in [5, 5.41) is 12.9. The number of benzene rings is 1. The van der Waals surface area contributed by atoms with Crippen molar-refractivity contribution < 1.29 is 4.79 Å². The Bertz CT molecular complexity index is 596. The van der Waals surface area contributed by atoms with E-state index in [1.165, 1.54) is 11.3 Å². The Kier molecular flexibility index (Phi) is 4.72. The number of nitrogens with zero attached hydrogens (tertiary/aromatic N) is 3. The number of amides is 2. The first-order chi connectivity index (χ1) is 10.3. The molecule has 1 aromatic carbocycles. The second kappa shape index (κ2) is 6.91. The van der Waals surface area contributed by atoms with Crippen LogP contribution in [0, 0.1) is 0 Å². The molecule has 0 spiro atoms. The van der Waals surface area contributed by atoms with Crippen LogP contribution in [0.3, 0.4) is 0 Å². The zero-order chi connectivity index (χ0) is 14.5. The van der Waals surface area contributed by atoms with Gasteiger partial charge in [-0.2, -0.15) is 11.8 Å². The first kappa shape index (κ1) is 14.3. The van der Waals surface area contributed by atoms with Gasteiger partial charge in [-0.15, -0.1) is 10.2 Å². The maximum atomic E-state index is 12.0. The molecule has 0 unspecified atom stereocenters. The number of hydrogen-bond acceptors (Lipinski definition) is 5. The van der Waals surface area contributed by atoms with Crippen molar-refractivity contribution in [3.8, 4) is 10.6 Å². The molecule has 0 bridgehead atoms. The first-order valence-electron chi connectivity index (χ1n) is 6.81. The van der Waals surface area contributed by atoms with E-state index in [1.54, 1.807) is 0 Å². The van der Waals surface area contributed by atoms with Crippen molar-refractivity contribution in [2.75, 3.05) is 24.6 Å². The van der Waals surface area contributed by atoms with E-state index in [9.17, 15) is 4.79 Å². The van der Waals surface area contributed by atoms with Crippen molar-refractivity contribution in [1.29, 1.82) is 0 Å². The molecule has 21 heavy (non-hydrogen) atoms. The van der Waals surface area contributed by atoms with E-state index in [2.05, 4.69) is 15.5 Å². The molecule has 2 heterocycles. The zero-order valence-corrected chi connectivity index (χ0v) is 13.1. The van der Waals surface area contributed by atoms with Crippen LogP contribution in [-0.2, 0) is 6.54 Å². The number of hydrogen-bond donors (Lipinski definition) is 1. The van der Waals surface area contributed by atoms with Gasteiger partial charge in [-0.05, 0) is 0 Å². The van der Waals surface area contributed by atoms with E-state index >= 15 is 0 Å². The largest absolute Gasteiger partial charge is 0.331 e. The van der Waals surface area contributed by atoms with Crippen LogP contribution in [0.2, 0.25) is 0 Å². The van der Waals surface area contributed by atoms with Gasteiger partial charge in [-0.3, -0.25) is 0 Å². The molecule has 5 nitrogen and oxygen atoms in total. The summed E-state index contributed by atoms with van der Waals surface area (Å²) >= 11 is 3.40. The lowest BCUT2D eigenvalue weighted by atomic mass is 10.2. The predicted octanol–water partition coefficient (Wildman–Crippen LogP) is 2.46. The molecule has 1 aliphatic rings. The molecule has 2 amide bonds. The third-order valence-electron chi connectivity index (χ3n) is 3.18. The highest BCUT2D eigenvalue weighted by Crippen LogP contribution is 2.22. The Morgan fingerprint density at radius 2 is 1.95 bits per heavy atom. The van der Waals surface area contributed by atoms with Gasteiger partial charge in [0.1, 0.15) is 10.0 Å². The maximum absolute atomic E-state index is 12.0. The highest BCUT2D eigenvalue weighted by atomic mass is 32.2. The molecular formula is C14H16N4OS2. The highest BCUT2D eigenvalue weighted by Gasteiger charge is 2.16. The summed E-state index contributed by atoms with van der Waals surface area (Å²) < 4.78 is 0. The maximum Gasteiger partial charge on any atom is 0.317 e. The summed E-state index contributed by atoms with van der Waals surface area (Å²) in [7, 11) is 0. The lowest BCUT2D eigenvalue weighted by Crippen LogP contribution is -2.44.